The van der Waals surface area contributed by atoms with E-state index < -0.39 is 0 Å². The van der Waals surface area contributed by atoms with Gasteiger partial charge < -0.3 is 10.1 Å². The largest absolute Gasteiger partial charge is 0.377 e. The first kappa shape index (κ1) is 9.57. The van der Waals surface area contributed by atoms with Gasteiger partial charge in [-0.05, 0) is 26.2 Å². The maximum absolute atomic E-state index is 5.54. The van der Waals surface area contributed by atoms with E-state index in [1.54, 1.807) is 0 Å². The van der Waals surface area contributed by atoms with E-state index in [9.17, 15) is 0 Å². The average Bonchev–Trinajstić information content (AvgIpc) is 2.16. The standard InChI is InChI=1S/C10H17NO/c1-3-9(2)11-8-10-6-4-5-7-12-10/h1,9-11H,4-8H2,2H3. The SMILES string of the molecule is C#CC(C)NCC1CCCCO1. The maximum Gasteiger partial charge on any atom is 0.0699 e. The first-order valence-electron chi connectivity index (χ1n) is 4.64. The molecule has 2 heteroatoms. The second-order valence-electron chi connectivity index (χ2n) is 3.29. The van der Waals surface area contributed by atoms with Gasteiger partial charge in [0.05, 0.1) is 12.1 Å². The molecule has 0 bridgehead atoms. The summed E-state index contributed by atoms with van der Waals surface area (Å²) in [6.07, 6.45) is 9.29. The Hall–Kier alpha value is -0.520. The first-order valence-corrected chi connectivity index (χ1v) is 4.64. The van der Waals surface area contributed by atoms with Gasteiger partial charge in [-0.15, -0.1) is 6.42 Å². The number of nitrogens with one attached hydrogen (secondary N) is 1. The molecule has 1 saturated heterocycles. The highest BCUT2D eigenvalue weighted by Crippen LogP contribution is 2.11. The highest BCUT2D eigenvalue weighted by Gasteiger charge is 2.13. The summed E-state index contributed by atoms with van der Waals surface area (Å²) < 4.78 is 5.54. The lowest BCUT2D eigenvalue weighted by Crippen LogP contribution is -2.35. The van der Waals surface area contributed by atoms with Crippen LogP contribution < -0.4 is 5.32 Å². The normalized spacial score (nSPS) is 26.2. The Morgan fingerprint density at radius 2 is 2.50 bits per heavy atom. The molecule has 0 amide bonds. The number of terminal acetylenes is 1. The summed E-state index contributed by atoms with van der Waals surface area (Å²) in [5.74, 6) is 2.64. The molecule has 1 N–H and O–H groups in total. The van der Waals surface area contributed by atoms with Gasteiger partial charge in [0, 0.05) is 13.2 Å². The van der Waals surface area contributed by atoms with E-state index in [0.717, 1.165) is 13.2 Å². The molecule has 1 aliphatic rings. The Kier molecular flexibility index (Phi) is 4.13. The van der Waals surface area contributed by atoms with E-state index >= 15 is 0 Å². The molecule has 0 spiro atoms. The molecule has 0 saturated carbocycles. The molecule has 2 atom stereocenters. The fourth-order valence-corrected chi connectivity index (χ4v) is 1.34. The van der Waals surface area contributed by atoms with Gasteiger partial charge in [-0.25, -0.2) is 0 Å². The molecule has 1 rings (SSSR count). The summed E-state index contributed by atoms with van der Waals surface area (Å²) in [5.41, 5.74) is 0. The van der Waals surface area contributed by atoms with Crippen molar-refractivity contribution in [3.63, 3.8) is 0 Å². The van der Waals surface area contributed by atoms with Crippen LogP contribution in [0.4, 0.5) is 0 Å². The summed E-state index contributed by atoms with van der Waals surface area (Å²) in [6, 6.07) is 0.163. The van der Waals surface area contributed by atoms with Crippen molar-refractivity contribution < 1.29 is 4.74 Å². The smallest absolute Gasteiger partial charge is 0.0699 e. The molecule has 2 unspecified atom stereocenters. The highest BCUT2D eigenvalue weighted by atomic mass is 16.5. The van der Waals surface area contributed by atoms with E-state index in [-0.39, 0.29) is 6.04 Å². The van der Waals surface area contributed by atoms with Crippen molar-refractivity contribution in [3.05, 3.63) is 0 Å². The average molecular weight is 167 g/mol. The van der Waals surface area contributed by atoms with Crippen LogP contribution in [0.3, 0.4) is 0 Å². The van der Waals surface area contributed by atoms with Crippen molar-refractivity contribution in [2.45, 2.75) is 38.3 Å². The van der Waals surface area contributed by atoms with Gasteiger partial charge in [0.2, 0.25) is 0 Å². The van der Waals surface area contributed by atoms with E-state index in [1.165, 1.54) is 19.3 Å². The van der Waals surface area contributed by atoms with E-state index in [4.69, 9.17) is 11.2 Å². The van der Waals surface area contributed by atoms with Crippen molar-refractivity contribution in [1.82, 2.24) is 5.32 Å². The molecule has 0 radical (unpaired) electrons. The molecule has 0 aliphatic carbocycles. The Bertz CT molecular complexity index is 156. The Morgan fingerprint density at radius 3 is 3.08 bits per heavy atom. The Labute approximate surface area is 74.7 Å². The monoisotopic (exact) mass is 167 g/mol. The summed E-state index contributed by atoms with van der Waals surface area (Å²) in [6.45, 7) is 3.80. The van der Waals surface area contributed by atoms with Gasteiger partial charge in [0.1, 0.15) is 0 Å². The minimum atomic E-state index is 0.163. The fraction of sp³-hybridized carbons (Fsp3) is 0.800. The molecule has 1 aliphatic heterocycles. The number of hydrogen-bond donors (Lipinski definition) is 1. The van der Waals surface area contributed by atoms with Gasteiger partial charge >= 0.3 is 0 Å². The van der Waals surface area contributed by atoms with Crippen LogP contribution in [-0.2, 0) is 4.74 Å². The van der Waals surface area contributed by atoms with Crippen LogP contribution in [0.25, 0.3) is 0 Å². The summed E-state index contributed by atoms with van der Waals surface area (Å²) >= 11 is 0. The van der Waals surface area contributed by atoms with Crippen LogP contribution in [0.5, 0.6) is 0 Å². The Morgan fingerprint density at radius 1 is 1.67 bits per heavy atom. The third-order valence-corrected chi connectivity index (χ3v) is 2.18. The molecule has 1 heterocycles. The molecular formula is C10H17NO. The van der Waals surface area contributed by atoms with Gasteiger partial charge in [-0.1, -0.05) is 5.92 Å². The van der Waals surface area contributed by atoms with E-state index in [1.807, 2.05) is 6.92 Å². The molecule has 12 heavy (non-hydrogen) atoms. The zero-order chi connectivity index (χ0) is 8.81. The van der Waals surface area contributed by atoms with Crippen molar-refractivity contribution in [1.29, 1.82) is 0 Å². The van der Waals surface area contributed by atoms with Crippen molar-refractivity contribution in [2.75, 3.05) is 13.2 Å². The predicted molar refractivity (Wildman–Crippen MR) is 49.9 cm³/mol. The number of hydrogen-bond acceptors (Lipinski definition) is 2. The van der Waals surface area contributed by atoms with Crippen LogP contribution in [-0.4, -0.2) is 25.3 Å². The lowest BCUT2D eigenvalue weighted by atomic mass is 10.1. The Balaban J connectivity index is 2.10. The third kappa shape index (κ3) is 3.25. The lowest BCUT2D eigenvalue weighted by molar-refractivity contribution is 0.0164. The van der Waals surface area contributed by atoms with Crippen LogP contribution in [0.2, 0.25) is 0 Å². The maximum atomic E-state index is 5.54. The van der Waals surface area contributed by atoms with Crippen LogP contribution in [0.1, 0.15) is 26.2 Å². The summed E-state index contributed by atoms with van der Waals surface area (Å²) in [5, 5.41) is 3.24. The second kappa shape index (κ2) is 5.18. The molecule has 68 valence electrons. The summed E-state index contributed by atoms with van der Waals surface area (Å²) in [7, 11) is 0. The molecule has 0 aromatic rings. The van der Waals surface area contributed by atoms with Gasteiger partial charge in [0.25, 0.3) is 0 Å². The third-order valence-electron chi connectivity index (χ3n) is 2.18. The molecule has 1 fully saturated rings. The second-order valence-corrected chi connectivity index (χ2v) is 3.29. The van der Waals surface area contributed by atoms with Crippen LogP contribution in [0, 0.1) is 12.3 Å². The van der Waals surface area contributed by atoms with Crippen LogP contribution in [0.15, 0.2) is 0 Å². The fourth-order valence-electron chi connectivity index (χ4n) is 1.34. The molecular weight excluding hydrogens is 150 g/mol. The first-order chi connectivity index (χ1) is 5.83. The van der Waals surface area contributed by atoms with Crippen molar-refractivity contribution in [3.8, 4) is 12.3 Å². The van der Waals surface area contributed by atoms with Gasteiger partial charge in [-0.3, -0.25) is 0 Å². The van der Waals surface area contributed by atoms with E-state index in [0.29, 0.717) is 6.10 Å². The van der Waals surface area contributed by atoms with E-state index in [2.05, 4.69) is 11.2 Å². The topological polar surface area (TPSA) is 21.3 Å². The molecule has 0 aromatic carbocycles. The zero-order valence-corrected chi connectivity index (χ0v) is 7.68. The molecule has 0 aromatic heterocycles. The van der Waals surface area contributed by atoms with Crippen molar-refractivity contribution in [2.24, 2.45) is 0 Å². The van der Waals surface area contributed by atoms with Gasteiger partial charge in [0.15, 0.2) is 0 Å². The van der Waals surface area contributed by atoms with Gasteiger partial charge in [-0.2, -0.15) is 0 Å². The lowest BCUT2D eigenvalue weighted by Gasteiger charge is -2.23. The highest BCUT2D eigenvalue weighted by molar-refractivity contribution is 4.95. The summed E-state index contributed by atoms with van der Waals surface area (Å²) in [4.78, 5) is 0. The molecule has 2 nitrogen and oxygen atoms in total. The zero-order valence-electron chi connectivity index (χ0n) is 7.68. The minimum absolute atomic E-state index is 0.163. The van der Waals surface area contributed by atoms with Crippen LogP contribution >= 0.6 is 0 Å². The number of rotatable bonds is 3. The van der Waals surface area contributed by atoms with Crippen molar-refractivity contribution >= 4 is 0 Å². The number of ether oxygens (including phenoxy) is 1. The predicted octanol–water partition coefficient (Wildman–Crippen LogP) is 1.17. The minimum Gasteiger partial charge on any atom is -0.377 e. The quantitative estimate of drug-likeness (QED) is 0.637.